The number of benzene rings is 2. The Morgan fingerprint density at radius 1 is 1.09 bits per heavy atom. The van der Waals surface area contributed by atoms with Gasteiger partial charge in [0.25, 0.3) is 18.2 Å². The van der Waals surface area contributed by atoms with Gasteiger partial charge in [0.2, 0.25) is 0 Å². The molecule has 0 saturated carbocycles. The van der Waals surface area contributed by atoms with Crippen LogP contribution in [0.4, 0.5) is 22.0 Å². The van der Waals surface area contributed by atoms with E-state index in [1.807, 2.05) is 0 Å². The second-order valence-electron chi connectivity index (χ2n) is 9.43. The van der Waals surface area contributed by atoms with Crippen molar-refractivity contribution in [2.24, 2.45) is 7.05 Å². The zero-order valence-electron chi connectivity index (χ0n) is 22.8. The van der Waals surface area contributed by atoms with Gasteiger partial charge in [-0.1, -0.05) is 29.3 Å². The van der Waals surface area contributed by atoms with Crippen molar-refractivity contribution < 1.29 is 36.3 Å². The van der Waals surface area contributed by atoms with Crippen molar-refractivity contribution in [3.05, 3.63) is 72.4 Å². The summed E-state index contributed by atoms with van der Waals surface area (Å²) in [7, 11) is 1.62. The molecule has 2 aromatic heterocycles. The fourth-order valence-electron chi connectivity index (χ4n) is 4.25. The van der Waals surface area contributed by atoms with E-state index in [0.717, 1.165) is 5.01 Å². The van der Waals surface area contributed by atoms with Crippen LogP contribution >= 0.6 is 34.5 Å². The number of rotatable bonds is 10. The summed E-state index contributed by atoms with van der Waals surface area (Å²) in [4.78, 5) is 34.5. The predicted octanol–water partition coefficient (Wildman–Crippen LogP) is 6.41. The highest BCUT2D eigenvalue weighted by Gasteiger charge is 2.29. The van der Waals surface area contributed by atoms with Gasteiger partial charge in [-0.2, -0.15) is 13.2 Å². The third kappa shape index (κ3) is 7.73. The summed E-state index contributed by atoms with van der Waals surface area (Å²) < 4.78 is 70.4. The molecule has 4 rings (SSSR count). The summed E-state index contributed by atoms with van der Waals surface area (Å²) in [6.07, 6.45) is -7.49. The molecule has 0 aliphatic rings. The van der Waals surface area contributed by atoms with E-state index in [0.29, 0.717) is 38.1 Å². The van der Waals surface area contributed by atoms with Crippen molar-refractivity contribution in [1.29, 1.82) is 0 Å². The van der Waals surface area contributed by atoms with Gasteiger partial charge in [-0.25, -0.2) is 18.7 Å². The first-order chi connectivity index (χ1) is 20.1. The predicted molar refractivity (Wildman–Crippen MR) is 153 cm³/mol. The fourth-order valence-corrected chi connectivity index (χ4v) is 5.66. The number of imidazole rings is 1. The van der Waals surface area contributed by atoms with Crippen molar-refractivity contribution >= 4 is 57.4 Å². The SMILES string of the molecule is Cc1nc(C)c(C(=O)NCc2ccc(Cl)c(Cc3nc4cc(C(=O)NCC(F)(F)F)c(OCC(F)F)cc4n3C)c2Cl)s1. The molecule has 0 unspecified atom stereocenters. The molecule has 2 amide bonds. The molecule has 8 nitrogen and oxygen atoms in total. The number of carbonyl (C=O) groups is 2. The van der Waals surface area contributed by atoms with Gasteiger partial charge in [0.15, 0.2) is 0 Å². The van der Waals surface area contributed by atoms with E-state index >= 15 is 0 Å². The van der Waals surface area contributed by atoms with Gasteiger partial charge in [0.1, 0.15) is 29.6 Å². The van der Waals surface area contributed by atoms with Crippen LogP contribution in [0.25, 0.3) is 11.0 Å². The summed E-state index contributed by atoms with van der Waals surface area (Å²) in [6, 6.07) is 5.72. The molecule has 4 aromatic rings. The highest BCUT2D eigenvalue weighted by atomic mass is 35.5. The third-order valence-corrected chi connectivity index (χ3v) is 8.18. The number of fused-ring (bicyclic) bond motifs is 1. The molecular formula is C27H24Cl2F5N5O3S. The Bertz CT molecular complexity index is 1690. The van der Waals surface area contributed by atoms with Gasteiger partial charge < -0.3 is 19.9 Å². The van der Waals surface area contributed by atoms with Crippen LogP contribution in [0, 0.1) is 13.8 Å². The maximum atomic E-state index is 12.9. The Hall–Kier alpha value is -3.49. The van der Waals surface area contributed by atoms with Gasteiger partial charge in [0.05, 0.1) is 32.3 Å². The minimum absolute atomic E-state index is 0.0839. The summed E-state index contributed by atoms with van der Waals surface area (Å²) in [5.74, 6) is -1.41. The molecular weight excluding hydrogens is 640 g/mol. The standard InChI is InChI=1S/C27H24Cl2F5N5O3S/c1-12-24(43-13(2)37-12)26(41)35-9-14-4-5-17(28)15(23(14)29)7-22-38-18-6-16(25(40)36-11-27(32,33)34)20(42-10-21(30)31)8-19(18)39(22)3/h4-6,8,21H,7,9-11H2,1-3H3,(H,35,41)(H,36,40). The topological polar surface area (TPSA) is 98.1 Å². The molecule has 230 valence electrons. The molecule has 0 aliphatic heterocycles. The zero-order valence-corrected chi connectivity index (χ0v) is 25.2. The lowest BCUT2D eigenvalue weighted by molar-refractivity contribution is -0.123. The lowest BCUT2D eigenvalue weighted by Crippen LogP contribution is -2.34. The van der Waals surface area contributed by atoms with E-state index in [1.165, 1.54) is 23.5 Å². The second-order valence-corrected chi connectivity index (χ2v) is 11.4. The highest BCUT2D eigenvalue weighted by Crippen LogP contribution is 2.33. The highest BCUT2D eigenvalue weighted by molar-refractivity contribution is 7.13. The molecule has 0 bridgehead atoms. The third-order valence-electron chi connectivity index (χ3n) is 6.28. The molecule has 0 aliphatic carbocycles. The number of aromatic nitrogens is 3. The number of thiazole rings is 1. The Balaban J connectivity index is 1.63. The molecule has 0 fully saturated rings. The molecule has 0 saturated heterocycles. The number of amides is 2. The first-order valence-electron chi connectivity index (χ1n) is 12.6. The first kappa shape index (κ1) is 32.4. The van der Waals surface area contributed by atoms with Crippen LogP contribution in [-0.2, 0) is 20.0 Å². The van der Waals surface area contributed by atoms with Crippen LogP contribution in [0.3, 0.4) is 0 Å². The molecule has 0 radical (unpaired) electrons. The summed E-state index contributed by atoms with van der Waals surface area (Å²) in [5, 5.41) is 5.90. The second kappa shape index (κ2) is 13.0. The Kier molecular flexibility index (Phi) is 9.82. The first-order valence-corrected chi connectivity index (χ1v) is 14.1. The fraction of sp³-hybridized carbons (Fsp3) is 0.333. The normalized spacial score (nSPS) is 11.8. The van der Waals surface area contributed by atoms with Crippen LogP contribution in [0.15, 0.2) is 24.3 Å². The molecule has 2 N–H and O–H groups in total. The maximum absolute atomic E-state index is 12.9. The molecule has 0 spiro atoms. The largest absolute Gasteiger partial charge is 0.487 e. The number of nitrogens with zero attached hydrogens (tertiary/aromatic N) is 3. The van der Waals surface area contributed by atoms with Crippen LogP contribution in [0.1, 0.15) is 47.7 Å². The molecule has 2 heterocycles. The Labute approximate surface area is 256 Å². The molecule has 16 heteroatoms. The van der Waals surface area contributed by atoms with Gasteiger partial charge in [-0.15, -0.1) is 11.3 Å². The van der Waals surface area contributed by atoms with E-state index in [9.17, 15) is 31.5 Å². The minimum Gasteiger partial charge on any atom is -0.487 e. The molecule has 0 atom stereocenters. The number of halogens is 7. The minimum atomic E-state index is -4.68. The lowest BCUT2D eigenvalue weighted by atomic mass is 10.1. The average Bonchev–Trinajstić information content (AvgIpc) is 3.43. The Morgan fingerprint density at radius 3 is 2.44 bits per heavy atom. The number of hydrogen-bond donors (Lipinski definition) is 2. The number of nitrogens with one attached hydrogen (secondary N) is 2. The summed E-state index contributed by atoms with van der Waals surface area (Å²) in [6.45, 7) is 0.949. The number of carbonyl (C=O) groups excluding carboxylic acids is 2. The quantitative estimate of drug-likeness (QED) is 0.191. The zero-order chi connectivity index (χ0) is 31.6. The van der Waals surface area contributed by atoms with E-state index in [-0.39, 0.29) is 40.7 Å². The smallest absolute Gasteiger partial charge is 0.405 e. The Morgan fingerprint density at radius 2 is 1.81 bits per heavy atom. The van der Waals surface area contributed by atoms with Gasteiger partial charge in [0, 0.05) is 31.1 Å². The summed E-state index contributed by atoms with van der Waals surface area (Å²) >= 11 is 14.4. The molecule has 43 heavy (non-hydrogen) atoms. The van der Waals surface area contributed by atoms with Crippen LogP contribution in [0.5, 0.6) is 5.75 Å². The number of hydrogen-bond acceptors (Lipinski definition) is 6. The monoisotopic (exact) mass is 663 g/mol. The average molecular weight is 664 g/mol. The van der Waals surface area contributed by atoms with E-state index < -0.39 is 31.7 Å². The van der Waals surface area contributed by atoms with E-state index in [4.69, 9.17) is 27.9 Å². The molecule has 2 aromatic carbocycles. The van der Waals surface area contributed by atoms with Crippen LogP contribution in [-0.4, -0.2) is 52.1 Å². The van der Waals surface area contributed by atoms with Crippen molar-refractivity contribution in [2.75, 3.05) is 13.2 Å². The number of aryl methyl sites for hydroxylation is 3. The maximum Gasteiger partial charge on any atom is 0.405 e. The van der Waals surface area contributed by atoms with Crippen molar-refractivity contribution in [3.8, 4) is 5.75 Å². The van der Waals surface area contributed by atoms with Crippen molar-refractivity contribution in [2.45, 2.75) is 39.4 Å². The van der Waals surface area contributed by atoms with Gasteiger partial charge >= 0.3 is 6.18 Å². The number of alkyl halides is 5. The number of ether oxygens (including phenoxy) is 1. The summed E-state index contributed by atoms with van der Waals surface area (Å²) in [5.41, 5.74) is 1.85. The van der Waals surface area contributed by atoms with Crippen molar-refractivity contribution in [3.63, 3.8) is 0 Å². The van der Waals surface area contributed by atoms with E-state index in [1.54, 1.807) is 42.9 Å². The van der Waals surface area contributed by atoms with E-state index in [2.05, 4.69) is 15.3 Å². The van der Waals surface area contributed by atoms with Crippen molar-refractivity contribution in [1.82, 2.24) is 25.2 Å². The van der Waals surface area contributed by atoms with Gasteiger partial charge in [-0.3, -0.25) is 9.59 Å². The lowest BCUT2D eigenvalue weighted by Gasteiger charge is -2.13. The van der Waals surface area contributed by atoms with Gasteiger partial charge in [-0.05, 0) is 37.1 Å². The van der Waals surface area contributed by atoms with Crippen LogP contribution in [0.2, 0.25) is 10.0 Å². The van der Waals surface area contributed by atoms with Crippen LogP contribution < -0.4 is 15.4 Å².